The number of carbonyl (C=O) groups is 1. The third-order valence-electron chi connectivity index (χ3n) is 5.44. The van der Waals surface area contributed by atoms with Crippen LogP contribution in [0.4, 0.5) is 0 Å². The highest BCUT2D eigenvalue weighted by Gasteiger charge is 2.23. The van der Waals surface area contributed by atoms with Crippen molar-refractivity contribution in [2.75, 3.05) is 19.6 Å². The van der Waals surface area contributed by atoms with Gasteiger partial charge in [-0.2, -0.15) is 4.31 Å². The highest BCUT2D eigenvalue weighted by atomic mass is 32.2. The molecule has 0 fully saturated rings. The topological polar surface area (TPSA) is 66.5 Å². The molecule has 1 aliphatic rings. The molecule has 1 N–H and O–H groups in total. The average molecular weight is 401 g/mol. The van der Waals surface area contributed by atoms with Crippen LogP contribution in [0.15, 0.2) is 53.4 Å². The Bertz CT molecular complexity index is 936. The van der Waals surface area contributed by atoms with E-state index in [0.29, 0.717) is 31.1 Å². The van der Waals surface area contributed by atoms with Crippen LogP contribution in [0.25, 0.3) is 0 Å². The van der Waals surface area contributed by atoms with Crippen LogP contribution in [0.2, 0.25) is 0 Å². The Morgan fingerprint density at radius 1 is 1.11 bits per heavy atom. The number of nitrogens with zero attached hydrogens (tertiary/aromatic N) is 1. The molecule has 1 aliphatic carbocycles. The van der Waals surface area contributed by atoms with E-state index in [-0.39, 0.29) is 10.8 Å². The smallest absolute Gasteiger partial charge is 0.251 e. The summed E-state index contributed by atoms with van der Waals surface area (Å²) in [6.07, 6.45) is 3.26. The van der Waals surface area contributed by atoms with Gasteiger partial charge in [0.1, 0.15) is 0 Å². The maximum Gasteiger partial charge on any atom is 0.251 e. The van der Waals surface area contributed by atoms with Crippen molar-refractivity contribution in [2.45, 2.75) is 43.9 Å². The second-order valence-electron chi connectivity index (χ2n) is 7.12. The highest BCUT2D eigenvalue weighted by Crippen LogP contribution is 2.30. The lowest BCUT2D eigenvalue weighted by Gasteiger charge is -2.25. The zero-order valence-corrected chi connectivity index (χ0v) is 17.3. The van der Waals surface area contributed by atoms with E-state index in [9.17, 15) is 13.2 Å². The summed E-state index contributed by atoms with van der Waals surface area (Å²) in [4.78, 5) is 12.8. The molecule has 0 spiro atoms. The summed E-state index contributed by atoms with van der Waals surface area (Å²) >= 11 is 0. The van der Waals surface area contributed by atoms with Gasteiger partial charge in [0.05, 0.1) is 4.90 Å². The molecule has 2 aromatic carbocycles. The van der Waals surface area contributed by atoms with Crippen molar-refractivity contribution >= 4 is 15.9 Å². The fourth-order valence-corrected chi connectivity index (χ4v) is 5.40. The average Bonchev–Trinajstić information content (AvgIpc) is 2.72. The molecule has 0 aliphatic heterocycles. The van der Waals surface area contributed by atoms with Crippen molar-refractivity contribution in [3.8, 4) is 0 Å². The van der Waals surface area contributed by atoms with Gasteiger partial charge in [0, 0.05) is 31.1 Å². The largest absolute Gasteiger partial charge is 0.351 e. The number of nitrogens with one attached hydrogen (secondary N) is 1. The van der Waals surface area contributed by atoms with Crippen molar-refractivity contribution in [1.29, 1.82) is 0 Å². The van der Waals surface area contributed by atoms with Crippen molar-refractivity contribution < 1.29 is 13.2 Å². The molecular weight excluding hydrogens is 372 g/mol. The van der Waals surface area contributed by atoms with Gasteiger partial charge >= 0.3 is 0 Å². The summed E-state index contributed by atoms with van der Waals surface area (Å²) in [7, 11) is -3.58. The quantitative estimate of drug-likeness (QED) is 0.773. The molecule has 0 saturated heterocycles. The molecule has 2 aromatic rings. The molecule has 3 rings (SSSR count). The van der Waals surface area contributed by atoms with Crippen molar-refractivity contribution in [2.24, 2.45) is 0 Å². The number of amides is 1. The van der Waals surface area contributed by atoms with E-state index in [1.165, 1.54) is 21.5 Å². The van der Waals surface area contributed by atoms with Crippen molar-refractivity contribution in [3.63, 3.8) is 0 Å². The summed E-state index contributed by atoms with van der Waals surface area (Å²) < 4.78 is 26.8. The minimum absolute atomic E-state index is 0.159. The summed E-state index contributed by atoms with van der Waals surface area (Å²) in [5.41, 5.74) is 3.05. The van der Waals surface area contributed by atoms with Gasteiger partial charge in [0.15, 0.2) is 0 Å². The molecule has 0 saturated carbocycles. The van der Waals surface area contributed by atoms with Crippen molar-refractivity contribution in [1.82, 2.24) is 9.62 Å². The van der Waals surface area contributed by atoms with E-state index < -0.39 is 10.0 Å². The first-order chi connectivity index (χ1) is 13.5. The fourth-order valence-electron chi connectivity index (χ4n) is 3.89. The monoisotopic (exact) mass is 400 g/mol. The maximum atomic E-state index is 12.7. The number of fused-ring (bicyclic) bond motifs is 1. The van der Waals surface area contributed by atoms with Crippen LogP contribution in [0.3, 0.4) is 0 Å². The molecule has 6 heteroatoms. The van der Waals surface area contributed by atoms with Crippen LogP contribution >= 0.6 is 0 Å². The van der Waals surface area contributed by atoms with Crippen LogP contribution in [-0.4, -0.2) is 38.3 Å². The molecule has 0 bridgehead atoms. The highest BCUT2D eigenvalue weighted by molar-refractivity contribution is 7.89. The number of rotatable bonds is 7. The molecule has 28 heavy (non-hydrogen) atoms. The van der Waals surface area contributed by atoms with E-state index >= 15 is 0 Å². The van der Waals surface area contributed by atoms with Gasteiger partial charge in [-0.25, -0.2) is 8.42 Å². The first-order valence-electron chi connectivity index (χ1n) is 9.93. The van der Waals surface area contributed by atoms with Crippen LogP contribution < -0.4 is 5.32 Å². The maximum absolute atomic E-state index is 12.7. The number of hydrogen-bond donors (Lipinski definition) is 1. The number of carbonyl (C=O) groups excluding carboxylic acids is 1. The van der Waals surface area contributed by atoms with Gasteiger partial charge in [-0.05, 0) is 48.6 Å². The minimum atomic E-state index is -3.58. The molecule has 0 aromatic heterocycles. The fraction of sp³-hybridized carbons (Fsp3) is 0.409. The summed E-state index contributed by atoms with van der Waals surface area (Å²) in [5.74, 6) is 0.0659. The van der Waals surface area contributed by atoms with Gasteiger partial charge in [0.25, 0.3) is 5.91 Å². The lowest BCUT2D eigenvalue weighted by Crippen LogP contribution is -2.32. The molecule has 1 atom stereocenters. The van der Waals surface area contributed by atoms with Crippen LogP contribution in [-0.2, 0) is 16.4 Å². The van der Waals surface area contributed by atoms with E-state index in [1.807, 2.05) is 6.07 Å². The van der Waals surface area contributed by atoms with Crippen LogP contribution in [0, 0.1) is 0 Å². The standard InChI is InChI=1S/C22H28N2O3S/c1-3-24(4-2)28(26,27)20-13-8-11-18(15-20)22(25)23-16-19-12-7-10-17-9-5-6-14-21(17)19/h5-6,8-9,11,13-15,19H,3-4,7,10,12,16H2,1-2H3,(H,23,25). The lowest BCUT2D eigenvalue weighted by molar-refractivity contribution is 0.0950. The van der Waals surface area contributed by atoms with Gasteiger partial charge in [0.2, 0.25) is 10.0 Å². The number of aryl methyl sites for hydroxylation is 1. The zero-order valence-electron chi connectivity index (χ0n) is 16.5. The third kappa shape index (κ3) is 4.28. The van der Waals surface area contributed by atoms with Crippen LogP contribution in [0.1, 0.15) is 54.1 Å². The minimum Gasteiger partial charge on any atom is -0.351 e. The van der Waals surface area contributed by atoms with Gasteiger partial charge in [-0.15, -0.1) is 0 Å². The van der Waals surface area contributed by atoms with E-state index in [2.05, 4.69) is 23.5 Å². The Kier molecular flexibility index (Phi) is 6.52. The first-order valence-corrected chi connectivity index (χ1v) is 11.4. The SMILES string of the molecule is CCN(CC)S(=O)(=O)c1cccc(C(=O)NCC2CCCc3ccccc32)c1. The Labute approximate surface area is 167 Å². The molecular formula is C22H28N2O3S. The van der Waals surface area contributed by atoms with E-state index in [4.69, 9.17) is 0 Å². The summed E-state index contributed by atoms with van der Waals surface area (Å²) in [6, 6.07) is 14.7. The Morgan fingerprint density at radius 2 is 1.86 bits per heavy atom. The Balaban J connectivity index is 1.73. The number of hydrogen-bond acceptors (Lipinski definition) is 3. The van der Waals surface area contributed by atoms with Gasteiger partial charge in [-0.1, -0.05) is 44.2 Å². The molecule has 5 nitrogen and oxygen atoms in total. The summed E-state index contributed by atoms with van der Waals surface area (Å²) in [6.45, 7) is 4.97. The molecule has 1 unspecified atom stereocenters. The Hall–Kier alpha value is -2.18. The second kappa shape index (κ2) is 8.88. The lowest BCUT2D eigenvalue weighted by atomic mass is 9.83. The normalized spacial score (nSPS) is 16.6. The second-order valence-corrected chi connectivity index (χ2v) is 9.05. The van der Waals surface area contributed by atoms with Crippen LogP contribution in [0.5, 0.6) is 0 Å². The van der Waals surface area contributed by atoms with Gasteiger partial charge < -0.3 is 5.32 Å². The summed E-state index contributed by atoms with van der Waals surface area (Å²) in [5, 5.41) is 3.00. The molecule has 0 radical (unpaired) electrons. The van der Waals surface area contributed by atoms with E-state index in [0.717, 1.165) is 19.3 Å². The first kappa shape index (κ1) is 20.6. The molecule has 150 valence electrons. The third-order valence-corrected chi connectivity index (χ3v) is 7.49. The molecule has 1 amide bonds. The predicted octanol–water partition coefficient (Wildman–Crippen LogP) is 3.57. The Morgan fingerprint density at radius 3 is 2.61 bits per heavy atom. The molecule has 0 heterocycles. The van der Waals surface area contributed by atoms with Gasteiger partial charge in [-0.3, -0.25) is 4.79 Å². The predicted molar refractivity (Wildman–Crippen MR) is 111 cm³/mol. The van der Waals surface area contributed by atoms with E-state index in [1.54, 1.807) is 32.0 Å². The zero-order chi connectivity index (χ0) is 20.1. The number of benzene rings is 2. The number of sulfonamides is 1. The van der Waals surface area contributed by atoms with Crippen molar-refractivity contribution in [3.05, 3.63) is 65.2 Å².